The fraction of sp³-hybridized carbons (Fsp3) is 0.250. The summed E-state index contributed by atoms with van der Waals surface area (Å²) in [4.78, 5) is 0. The van der Waals surface area contributed by atoms with Crippen molar-refractivity contribution in [1.82, 2.24) is 0 Å². The van der Waals surface area contributed by atoms with E-state index in [1.165, 1.54) is 5.56 Å². The molecule has 108 valence electrons. The molecule has 0 spiro atoms. The molecule has 2 aromatic rings. The molecule has 1 atom stereocenters. The first-order valence-corrected chi connectivity index (χ1v) is 6.38. The van der Waals surface area contributed by atoms with E-state index in [9.17, 15) is 0 Å². The molecule has 2 rings (SSSR count). The molecule has 0 aliphatic heterocycles. The van der Waals surface area contributed by atoms with Crippen molar-refractivity contribution in [2.24, 2.45) is 5.73 Å². The summed E-state index contributed by atoms with van der Waals surface area (Å²) >= 11 is 0. The van der Waals surface area contributed by atoms with Crippen LogP contribution in [0.3, 0.4) is 0 Å². The number of aryl methyl sites for hydroxylation is 1. The van der Waals surface area contributed by atoms with E-state index in [0.717, 1.165) is 17.1 Å². The zero-order valence-electron chi connectivity index (χ0n) is 11.5. The Morgan fingerprint density at radius 3 is 2.40 bits per heavy atom. The van der Waals surface area contributed by atoms with Gasteiger partial charge in [-0.05, 0) is 37.1 Å². The molecule has 0 aliphatic rings. The van der Waals surface area contributed by atoms with E-state index in [1.54, 1.807) is 0 Å². The lowest BCUT2D eigenvalue weighted by molar-refractivity contribution is 0.264. The van der Waals surface area contributed by atoms with Crippen molar-refractivity contribution in [3.63, 3.8) is 0 Å². The minimum absolute atomic E-state index is 0. The van der Waals surface area contributed by atoms with Crippen LogP contribution < -0.4 is 10.5 Å². The van der Waals surface area contributed by atoms with E-state index in [4.69, 9.17) is 15.6 Å². The summed E-state index contributed by atoms with van der Waals surface area (Å²) in [7, 11) is 0. The number of para-hydroxylation sites is 1. The highest BCUT2D eigenvalue weighted by Gasteiger charge is 2.08. The molecule has 20 heavy (non-hydrogen) atoms. The van der Waals surface area contributed by atoms with Crippen molar-refractivity contribution >= 4 is 12.4 Å². The van der Waals surface area contributed by atoms with Crippen molar-refractivity contribution in [3.8, 4) is 11.5 Å². The second kappa shape index (κ2) is 7.90. The van der Waals surface area contributed by atoms with E-state index in [0.29, 0.717) is 6.42 Å². The molecule has 0 bridgehead atoms. The SMILES string of the molecule is Cc1ccc(Oc2ccccc2CC(N)CO)cc1.Cl. The van der Waals surface area contributed by atoms with Gasteiger partial charge >= 0.3 is 0 Å². The fourth-order valence-electron chi connectivity index (χ4n) is 1.85. The summed E-state index contributed by atoms with van der Waals surface area (Å²) in [6, 6.07) is 15.4. The molecule has 4 heteroatoms. The molecule has 0 heterocycles. The lowest BCUT2D eigenvalue weighted by Gasteiger charge is -2.13. The van der Waals surface area contributed by atoms with Crippen LogP contribution in [0.5, 0.6) is 11.5 Å². The quantitative estimate of drug-likeness (QED) is 0.891. The number of hydrogen-bond acceptors (Lipinski definition) is 3. The summed E-state index contributed by atoms with van der Waals surface area (Å²) < 4.78 is 5.87. The predicted octanol–water partition coefficient (Wildman–Crippen LogP) is 3.07. The lowest BCUT2D eigenvalue weighted by atomic mass is 10.1. The molecule has 0 amide bonds. The normalized spacial score (nSPS) is 11.6. The Bertz CT molecular complexity index is 528. The van der Waals surface area contributed by atoms with Crippen LogP contribution in [0.25, 0.3) is 0 Å². The van der Waals surface area contributed by atoms with Crippen LogP contribution in [-0.4, -0.2) is 17.8 Å². The van der Waals surface area contributed by atoms with Crippen molar-refractivity contribution in [3.05, 3.63) is 59.7 Å². The van der Waals surface area contributed by atoms with Crippen LogP contribution in [0.2, 0.25) is 0 Å². The van der Waals surface area contributed by atoms with Gasteiger partial charge in [-0.25, -0.2) is 0 Å². The summed E-state index contributed by atoms with van der Waals surface area (Å²) in [5, 5.41) is 9.04. The number of nitrogens with two attached hydrogens (primary N) is 1. The predicted molar refractivity (Wildman–Crippen MR) is 83.7 cm³/mol. The first kappa shape index (κ1) is 16.5. The van der Waals surface area contributed by atoms with Crippen LogP contribution in [0.1, 0.15) is 11.1 Å². The summed E-state index contributed by atoms with van der Waals surface area (Å²) in [6.45, 7) is 2.01. The van der Waals surface area contributed by atoms with Gasteiger partial charge in [-0.1, -0.05) is 35.9 Å². The van der Waals surface area contributed by atoms with E-state index in [1.807, 2.05) is 55.5 Å². The van der Waals surface area contributed by atoms with E-state index >= 15 is 0 Å². The number of benzene rings is 2. The molecule has 3 N–H and O–H groups in total. The maximum Gasteiger partial charge on any atom is 0.130 e. The second-order valence-electron chi connectivity index (χ2n) is 4.67. The van der Waals surface area contributed by atoms with Crippen LogP contribution in [-0.2, 0) is 6.42 Å². The minimum Gasteiger partial charge on any atom is -0.457 e. The van der Waals surface area contributed by atoms with Gasteiger partial charge in [0.25, 0.3) is 0 Å². The Hall–Kier alpha value is -1.55. The Morgan fingerprint density at radius 1 is 1.10 bits per heavy atom. The summed E-state index contributed by atoms with van der Waals surface area (Å²) in [6.07, 6.45) is 0.596. The van der Waals surface area contributed by atoms with Gasteiger partial charge in [-0.15, -0.1) is 12.4 Å². The molecule has 0 saturated heterocycles. The summed E-state index contributed by atoms with van der Waals surface area (Å²) in [5.41, 5.74) is 7.98. The Labute approximate surface area is 125 Å². The topological polar surface area (TPSA) is 55.5 Å². The van der Waals surface area contributed by atoms with Gasteiger partial charge < -0.3 is 15.6 Å². The van der Waals surface area contributed by atoms with Gasteiger partial charge in [0.1, 0.15) is 11.5 Å². The highest BCUT2D eigenvalue weighted by molar-refractivity contribution is 5.85. The van der Waals surface area contributed by atoms with Gasteiger partial charge in [0.2, 0.25) is 0 Å². The van der Waals surface area contributed by atoms with Crippen LogP contribution >= 0.6 is 12.4 Å². The zero-order chi connectivity index (χ0) is 13.7. The maximum atomic E-state index is 9.04. The van der Waals surface area contributed by atoms with Crippen LogP contribution in [0.15, 0.2) is 48.5 Å². The Balaban J connectivity index is 0.00000200. The van der Waals surface area contributed by atoms with Crippen molar-refractivity contribution < 1.29 is 9.84 Å². The number of halogens is 1. The second-order valence-corrected chi connectivity index (χ2v) is 4.67. The van der Waals surface area contributed by atoms with E-state index in [-0.39, 0.29) is 25.1 Å². The van der Waals surface area contributed by atoms with Crippen molar-refractivity contribution in [1.29, 1.82) is 0 Å². The highest BCUT2D eigenvalue weighted by Crippen LogP contribution is 2.26. The summed E-state index contributed by atoms with van der Waals surface area (Å²) in [5.74, 6) is 1.59. The largest absolute Gasteiger partial charge is 0.457 e. The molecule has 2 aromatic carbocycles. The van der Waals surface area contributed by atoms with Crippen LogP contribution in [0, 0.1) is 6.92 Å². The van der Waals surface area contributed by atoms with Gasteiger partial charge in [-0.3, -0.25) is 0 Å². The monoisotopic (exact) mass is 293 g/mol. The average Bonchev–Trinajstić information content (AvgIpc) is 2.43. The van der Waals surface area contributed by atoms with Gasteiger partial charge in [-0.2, -0.15) is 0 Å². The first-order chi connectivity index (χ1) is 9.19. The Morgan fingerprint density at radius 2 is 1.75 bits per heavy atom. The third-order valence-electron chi connectivity index (χ3n) is 2.94. The number of ether oxygens (including phenoxy) is 1. The lowest BCUT2D eigenvalue weighted by Crippen LogP contribution is -2.26. The molecule has 3 nitrogen and oxygen atoms in total. The number of rotatable bonds is 5. The molecule has 0 saturated carbocycles. The third-order valence-corrected chi connectivity index (χ3v) is 2.94. The molecule has 1 unspecified atom stereocenters. The molecular weight excluding hydrogens is 274 g/mol. The average molecular weight is 294 g/mol. The van der Waals surface area contributed by atoms with Crippen LogP contribution in [0.4, 0.5) is 0 Å². The smallest absolute Gasteiger partial charge is 0.130 e. The molecular formula is C16H20ClNO2. The molecule has 0 aromatic heterocycles. The maximum absolute atomic E-state index is 9.04. The molecule has 0 aliphatic carbocycles. The first-order valence-electron chi connectivity index (χ1n) is 6.38. The highest BCUT2D eigenvalue weighted by atomic mass is 35.5. The van der Waals surface area contributed by atoms with Gasteiger partial charge in [0, 0.05) is 6.04 Å². The fourth-order valence-corrected chi connectivity index (χ4v) is 1.85. The molecule has 0 radical (unpaired) electrons. The van der Waals surface area contributed by atoms with Crippen molar-refractivity contribution in [2.45, 2.75) is 19.4 Å². The van der Waals surface area contributed by atoms with Gasteiger partial charge in [0.05, 0.1) is 6.61 Å². The molecule has 0 fully saturated rings. The Kier molecular flexibility index (Phi) is 6.52. The van der Waals surface area contributed by atoms with E-state index < -0.39 is 0 Å². The van der Waals surface area contributed by atoms with Gasteiger partial charge in [0.15, 0.2) is 0 Å². The zero-order valence-corrected chi connectivity index (χ0v) is 12.3. The number of aliphatic hydroxyl groups is 1. The number of hydrogen-bond donors (Lipinski definition) is 2. The number of aliphatic hydroxyl groups excluding tert-OH is 1. The third kappa shape index (κ3) is 4.53. The minimum atomic E-state index is -0.261. The standard InChI is InChI=1S/C16H19NO2.ClH/c1-12-6-8-15(9-7-12)19-16-5-3-2-4-13(16)10-14(17)11-18;/h2-9,14,18H,10-11,17H2,1H3;1H. The van der Waals surface area contributed by atoms with Crippen molar-refractivity contribution in [2.75, 3.05) is 6.61 Å². The van der Waals surface area contributed by atoms with E-state index in [2.05, 4.69) is 0 Å².